The summed E-state index contributed by atoms with van der Waals surface area (Å²) in [5, 5.41) is 0. The number of benzene rings is 1. The van der Waals surface area contributed by atoms with Crippen molar-refractivity contribution >= 4 is 23.1 Å². The maximum absolute atomic E-state index is 12.5. The van der Waals surface area contributed by atoms with Crippen molar-refractivity contribution in [2.45, 2.75) is 58.6 Å². The van der Waals surface area contributed by atoms with Crippen molar-refractivity contribution in [1.29, 1.82) is 0 Å². The van der Waals surface area contributed by atoms with Gasteiger partial charge in [0, 0.05) is 13.1 Å². The summed E-state index contributed by atoms with van der Waals surface area (Å²) in [6.45, 7) is 9.04. The first-order valence-electron chi connectivity index (χ1n) is 8.96. The van der Waals surface area contributed by atoms with Crippen molar-refractivity contribution in [2.24, 2.45) is 0 Å². The minimum atomic E-state index is -0.489. The minimum Gasteiger partial charge on any atom is -0.444 e. The van der Waals surface area contributed by atoms with Crippen LogP contribution in [0.25, 0.3) is 11.0 Å². The van der Waals surface area contributed by atoms with Gasteiger partial charge in [0.25, 0.3) is 0 Å². The molecule has 1 amide bonds. The highest BCUT2D eigenvalue weighted by Crippen LogP contribution is 2.29. The van der Waals surface area contributed by atoms with Gasteiger partial charge in [-0.1, -0.05) is 6.07 Å². The van der Waals surface area contributed by atoms with Crippen molar-refractivity contribution in [3.05, 3.63) is 23.8 Å². The molecule has 2 aromatic rings. The van der Waals surface area contributed by atoms with Crippen molar-refractivity contribution in [3.8, 4) is 0 Å². The quantitative estimate of drug-likeness (QED) is 0.852. The number of imidazole rings is 1. The van der Waals surface area contributed by atoms with E-state index < -0.39 is 5.60 Å². The maximum Gasteiger partial charge on any atom is 0.410 e. The van der Waals surface area contributed by atoms with E-state index in [9.17, 15) is 4.79 Å². The molecule has 0 aliphatic carbocycles. The fourth-order valence-electron chi connectivity index (χ4n) is 3.43. The Morgan fingerprint density at radius 2 is 2.08 bits per heavy atom. The van der Waals surface area contributed by atoms with Crippen molar-refractivity contribution in [3.63, 3.8) is 0 Å². The standard InChI is InChI=1S/C19H28N4O2/c1-13-8-9-16-15(11-13)21-17(20)23(16)14-7-5-6-10-22(12-14)18(24)25-19(2,3)4/h8-9,11,14H,5-7,10,12H2,1-4H3,(H2,20,21). The fraction of sp³-hybridized carbons (Fsp3) is 0.579. The Balaban J connectivity index is 1.89. The van der Waals surface area contributed by atoms with Crippen LogP contribution >= 0.6 is 0 Å². The number of rotatable bonds is 1. The summed E-state index contributed by atoms with van der Waals surface area (Å²) >= 11 is 0. The lowest BCUT2D eigenvalue weighted by Crippen LogP contribution is -2.39. The largest absolute Gasteiger partial charge is 0.444 e. The summed E-state index contributed by atoms with van der Waals surface area (Å²) in [6, 6.07) is 6.30. The van der Waals surface area contributed by atoms with Crippen LogP contribution in [0.3, 0.4) is 0 Å². The molecule has 136 valence electrons. The number of ether oxygens (including phenoxy) is 1. The topological polar surface area (TPSA) is 73.4 Å². The second-order valence-corrected chi connectivity index (χ2v) is 7.91. The Bertz CT molecular complexity index is 776. The number of anilines is 1. The molecule has 2 heterocycles. The van der Waals surface area contributed by atoms with E-state index in [1.54, 1.807) is 0 Å². The third-order valence-electron chi connectivity index (χ3n) is 4.54. The highest BCUT2D eigenvalue weighted by atomic mass is 16.6. The lowest BCUT2D eigenvalue weighted by Gasteiger charge is -2.29. The molecule has 2 N–H and O–H groups in total. The predicted molar refractivity (Wildman–Crippen MR) is 99.6 cm³/mol. The van der Waals surface area contributed by atoms with Gasteiger partial charge in [0.15, 0.2) is 0 Å². The number of nitrogens with two attached hydrogens (primary N) is 1. The van der Waals surface area contributed by atoms with Crippen molar-refractivity contribution in [1.82, 2.24) is 14.5 Å². The first-order valence-corrected chi connectivity index (χ1v) is 8.96. The average Bonchev–Trinajstić information content (AvgIpc) is 2.68. The third-order valence-corrected chi connectivity index (χ3v) is 4.54. The Labute approximate surface area is 149 Å². The second kappa shape index (κ2) is 6.58. The predicted octanol–water partition coefficient (Wildman–Crippen LogP) is 3.89. The molecule has 3 rings (SSSR count). The molecule has 6 nitrogen and oxygen atoms in total. The molecule has 0 spiro atoms. The lowest BCUT2D eigenvalue weighted by molar-refractivity contribution is 0.0238. The van der Waals surface area contributed by atoms with E-state index in [0.29, 0.717) is 12.5 Å². The molecule has 0 bridgehead atoms. The first-order chi connectivity index (χ1) is 11.7. The van der Waals surface area contributed by atoms with E-state index >= 15 is 0 Å². The van der Waals surface area contributed by atoms with Gasteiger partial charge in [0.2, 0.25) is 5.95 Å². The molecule has 1 saturated heterocycles. The summed E-state index contributed by atoms with van der Waals surface area (Å²) in [5.41, 5.74) is 8.83. The summed E-state index contributed by atoms with van der Waals surface area (Å²) < 4.78 is 7.64. The van der Waals surface area contributed by atoms with Gasteiger partial charge in [-0.05, 0) is 64.7 Å². The maximum atomic E-state index is 12.5. The van der Waals surface area contributed by atoms with Gasteiger partial charge in [0.05, 0.1) is 17.1 Å². The number of likely N-dealkylation sites (tertiary alicyclic amines) is 1. The molecule has 1 atom stereocenters. The first kappa shape index (κ1) is 17.6. The van der Waals surface area contributed by atoms with Crippen LogP contribution in [0, 0.1) is 6.92 Å². The molecule has 1 unspecified atom stereocenters. The van der Waals surface area contributed by atoms with Gasteiger partial charge in [0.1, 0.15) is 5.60 Å². The number of fused-ring (bicyclic) bond motifs is 1. The smallest absolute Gasteiger partial charge is 0.410 e. The Kier molecular flexibility index (Phi) is 4.62. The summed E-state index contributed by atoms with van der Waals surface area (Å²) in [6.07, 6.45) is 2.75. The van der Waals surface area contributed by atoms with Gasteiger partial charge in [-0.15, -0.1) is 0 Å². The molecule has 25 heavy (non-hydrogen) atoms. The van der Waals surface area contributed by atoms with Crippen LogP contribution in [-0.4, -0.2) is 39.2 Å². The molecule has 1 aromatic carbocycles. The molecular formula is C19H28N4O2. The summed E-state index contributed by atoms with van der Waals surface area (Å²) in [4.78, 5) is 18.8. The zero-order valence-electron chi connectivity index (χ0n) is 15.6. The molecule has 6 heteroatoms. The van der Waals surface area contributed by atoms with Gasteiger partial charge >= 0.3 is 6.09 Å². The van der Waals surface area contributed by atoms with Crippen LogP contribution in [0.5, 0.6) is 0 Å². The van der Waals surface area contributed by atoms with Crippen LogP contribution < -0.4 is 5.73 Å². The van der Waals surface area contributed by atoms with E-state index in [4.69, 9.17) is 10.5 Å². The Morgan fingerprint density at radius 3 is 2.80 bits per heavy atom. The van der Waals surface area contributed by atoms with Crippen LogP contribution in [-0.2, 0) is 4.74 Å². The van der Waals surface area contributed by atoms with Crippen molar-refractivity contribution < 1.29 is 9.53 Å². The molecule has 1 fully saturated rings. The zero-order valence-corrected chi connectivity index (χ0v) is 15.6. The van der Waals surface area contributed by atoms with Gasteiger partial charge in [-0.25, -0.2) is 9.78 Å². The second-order valence-electron chi connectivity index (χ2n) is 7.91. The van der Waals surface area contributed by atoms with Crippen LogP contribution in [0.1, 0.15) is 51.6 Å². The van der Waals surface area contributed by atoms with E-state index in [-0.39, 0.29) is 12.1 Å². The highest BCUT2D eigenvalue weighted by molar-refractivity contribution is 5.79. The van der Waals surface area contributed by atoms with Crippen molar-refractivity contribution in [2.75, 3.05) is 18.8 Å². The minimum absolute atomic E-state index is 0.114. The fourth-order valence-corrected chi connectivity index (χ4v) is 3.43. The van der Waals surface area contributed by atoms with Crippen LogP contribution in [0.15, 0.2) is 18.2 Å². The molecule has 1 aromatic heterocycles. The van der Waals surface area contributed by atoms with E-state index in [1.807, 2.05) is 38.7 Å². The van der Waals surface area contributed by atoms with Gasteiger partial charge in [-0.3, -0.25) is 0 Å². The average molecular weight is 344 g/mol. The Morgan fingerprint density at radius 1 is 1.32 bits per heavy atom. The van der Waals surface area contributed by atoms with Gasteiger partial charge < -0.3 is 19.9 Å². The number of carbonyl (C=O) groups excluding carboxylic acids is 1. The monoisotopic (exact) mass is 344 g/mol. The van der Waals surface area contributed by atoms with E-state index in [1.165, 1.54) is 0 Å². The normalized spacial score (nSPS) is 19.0. The number of nitrogen functional groups attached to an aromatic ring is 1. The third kappa shape index (κ3) is 3.89. The van der Waals surface area contributed by atoms with Crippen LogP contribution in [0.4, 0.5) is 10.7 Å². The molecule has 1 aliphatic heterocycles. The number of hydrogen-bond acceptors (Lipinski definition) is 4. The number of aryl methyl sites for hydroxylation is 1. The van der Waals surface area contributed by atoms with Crippen LogP contribution in [0.2, 0.25) is 0 Å². The van der Waals surface area contributed by atoms with E-state index in [2.05, 4.69) is 21.7 Å². The SMILES string of the molecule is Cc1ccc2c(c1)nc(N)n2C1CCCCN(C(=O)OC(C)(C)C)C1. The lowest BCUT2D eigenvalue weighted by atomic mass is 10.1. The Hall–Kier alpha value is -2.24. The number of hydrogen-bond donors (Lipinski definition) is 1. The molecule has 1 aliphatic rings. The summed E-state index contributed by atoms with van der Waals surface area (Å²) in [5.74, 6) is 0.511. The number of amides is 1. The summed E-state index contributed by atoms with van der Waals surface area (Å²) in [7, 11) is 0. The number of carbonyl (C=O) groups is 1. The number of nitrogens with zero attached hydrogens (tertiary/aromatic N) is 3. The molecule has 0 radical (unpaired) electrons. The number of aromatic nitrogens is 2. The zero-order chi connectivity index (χ0) is 18.2. The molecule has 0 saturated carbocycles. The van der Waals surface area contributed by atoms with Gasteiger partial charge in [-0.2, -0.15) is 0 Å². The molecular weight excluding hydrogens is 316 g/mol. The highest BCUT2D eigenvalue weighted by Gasteiger charge is 2.28. The van der Waals surface area contributed by atoms with E-state index in [0.717, 1.165) is 42.4 Å².